The van der Waals surface area contributed by atoms with E-state index in [1.807, 2.05) is 4.90 Å². The van der Waals surface area contributed by atoms with Gasteiger partial charge in [0.25, 0.3) is 11.5 Å². The van der Waals surface area contributed by atoms with Gasteiger partial charge in [-0.05, 0) is 45.4 Å². The Kier molecular flexibility index (Phi) is 4.03. The SMILES string of the molecule is Cc1noc(C)c1C(=O)N1C[C@H]2CCc3c(nc(N4CCCC4)[nH]c3=O)[C@H]2C1. The quantitative estimate of drug-likeness (QED) is 0.849. The van der Waals surface area contributed by atoms with E-state index in [1.165, 1.54) is 0 Å². The van der Waals surface area contributed by atoms with Gasteiger partial charge in [-0.15, -0.1) is 0 Å². The number of anilines is 1. The number of nitrogens with zero attached hydrogens (tertiary/aromatic N) is 4. The number of aromatic amines is 1. The predicted molar refractivity (Wildman–Crippen MR) is 103 cm³/mol. The lowest BCUT2D eigenvalue weighted by Crippen LogP contribution is -2.32. The molecule has 2 aliphatic heterocycles. The maximum atomic E-state index is 13.1. The van der Waals surface area contributed by atoms with Crippen molar-refractivity contribution in [2.45, 2.75) is 45.4 Å². The number of likely N-dealkylation sites (tertiary alicyclic amines) is 1. The zero-order valence-electron chi connectivity index (χ0n) is 16.3. The van der Waals surface area contributed by atoms with Crippen LogP contribution in [0.1, 0.15) is 58.2 Å². The van der Waals surface area contributed by atoms with Crippen LogP contribution in [0.2, 0.25) is 0 Å². The van der Waals surface area contributed by atoms with E-state index in [0.717, 1.165) is 50.0 Å². The highest BCUT2D eigenvalue weighted by molar-refractivity contribution is 5.96. The van der Waals surface area contributed by atoms with Crippen molar-refractivity contribution >= 4 is 11.9 Å². The van der Waals surface area contributed by atoms with Crippen molar-refractivity contribution in [3.8, 4) is 0 Å². The fraction of sp³-hybridized carbons (Fsp3) is 0.600. The lowest BCUT2D eigenvalue weighted by atomic mass is 9.80. The van der Waals surface area contributed by atoms with Gasteiger partial charge in [-0.1, -0.05) is 5.16 Å². The van der Waals surface area contributed by atoms with E-state index in [2.05, 4.69) is 15.0 Å². The average Bonchev–Trinajstić information content (AvgIpc) is 3.41. The fourth-order valence-electron chi connectivity index (χ4n) is 5.05. The van der Waals surface area contributed by atoms with E-state index in [-0.39, 0.29) is 17.4 Å². The number of fused-ring (bicyclic) bond motifs is 3. The van der Waals surface area contributed by atoms with Gasteiger partial charge in [0.2, 0.25) is 5.95 Å². The van der Waals surface area contributed by atoms with Crippen LogP contribution in [0, 0.1) is 19.8 Å². The Hall–Kier alpha value is -2.64. The molecule has 8 nitrogen and oxygen atoms in total. The molecule has 3 aliphatic rings. The first kappa shape index (κ1) is 17.5. The number of rotatable bonds is 2. The van der Waals surface area contributed by atoms with Crippen molar-refractivity contribution in [1.82, 2.24) is 20.0 Å². The van der Waals surface area contributed by atoms with Crippen LogP contribution in [-0.4, -0.2) is 52.1 Å². The number of carbonyl (C=O) groups is 1. The normalized spacial score (nSPS) is 23.8. The fourth-order valence-corrected chi connectivity index (χ4v) is 5.05. The molecular weight excluding hydrogens is 358 g/mol. The predicted octanol–water partition coefficient (Wildman–Crippen LogP) is 1.78. The number of carbonyl (C=O) groups excluding carboxylic acids is 1. The number of aromatic nitrogens is 3. The summed E-state index contributed by atoms with van der Waals surface area (Å²) in [6.07, 6.45) is 3.91. The Labute approximate surface area is 162 Å². The molecule has 0 saturated carbocycles. The Morgan fingerprint density at radius 3 is 2.71 bits per heavy atom. The van der Waals surface area contributed by atoms with E-state index in [0.29, 0.717) is 42.0 Å². The lowest BCUT2D eigenvalue weighted by molar-refractivity contribution is 0.0783. The van der Waals surface area contributed by atoms with E-state index in [1.54, 1.807) is 13.8 Å². The van der Waals surface area contributed by atoms with Gasteiger partial charge in [0.05, 0.1) is 11.4 Å². The van der Waals surface area contributed by atoms with Crippen LogP contribution in [0.15, 0.2) is 9.32 Å². The lowest BCUT2D eigenvalue weighted by Gasteiger charge is -2.27. The van der Waals surface area contributed by atoms with Gasteiger partial charge in [0.15, 0.2) is 0 Å². The summed E-state index contributed by atoms with van der Waals surface area (Å²) in [5.41, 5.74) is 2.88. The number of nitrogens with one attached hydrogen (secondary N) is 1. The molecule has 0 bridgehead atoms. The standard InChI is InChI=1S/C20H25N5O3/c1-11-16(12(2)28-23-11)19(27)25-9-13-5-6-14-17(15(13)10-25)21-20(22-18(14)26)24-7-3-4-8-24/h13,15H,3-10H2,1-2H3,(H,21,22,26)/t13-,15+/m1/s1. The highest BCUT2D eigenvalue weighted by Crippen LogP contribution is 2.40. The third-order valence-electron chi connectivity index (χ3n) is 6.53. The van der Waals surface area contributed by atoms with Gasteiger partial charge in [-0.2, -0.15) is 0 Å². The Morgan fingerprint density at radius 2 is 2.00 bits per heavy atom. The zero-order chi connectivity index (χ0) is 19.4. The molecule has 1 aliphatic carbocycles. The van der Waals surface area contributed by atoms with Crippen LogP contribution in [0.3, 0.4) is 0 Å². The molecule has 8 heteroatoms. The monoisotopic (exact) mass is 383 g/mol. The maximum Gasteiger partial charge on any atom is 0.259 e. The Bertz CT molecular complexity index is 969. The molecule has 4 heterocycles. The van der Waals surface area contributed by atoms with Crippen LogP contribution in [0.4, 0.5) is 5.95 Å². The molecule has 2 atom stereocenters. The number of hydrogen-bond acceptors (Lipinski definition) is 6. The molecular formula is C20H25N5O3. The molecule has 2 fully saturated rings. The molecule has 0 aromatic carbocycles. The van der Waals surface area contributed by atoms with Crippen LogP contribution in [0.5, 0.6) is 0 Å². The van der Waals surface area contributed by atoms with Gasteiger partial charge >= 0.3 is 0 Å². The minimum absolute atomic E-state index is 0.0131. The largest absolute Gasteiger partial charge is 0.361 e. The third kappa shape index (κ3) is 2.65. The third-order valence-corrected chi connectivity index (χ3v) is 6.53. The molecule has 0 spiro atoms. The van der Waals surface area contributed by atoms with Gasteiger partial charge in [0, 0.05) is 37.7 Å². The van der Waals surface area contributed by atoms with Crippen molar-refractivity contribution in [2.75, 3.05) is 31.1 Å². The van der Waals surface area contributed by atoms with Crippen molar-refractivity contribution in [3.63, 3.8) is 0 Å². The molecule has 5 rings (SSSR count). The highest BCUT2D eigenvalue weighted by Gasteiger charge is 2.42. The Morgan fingerprint density at radius 1 is 1.21 bits per heavy atom. The number of aryl methyl sites for hydroxylation is 2. The van der Waals surface area contributed by atoms with Gasteiger partial charge < -0.3 is 14.3 Å². The van der Waals surface area contributed by atoms with E-state index >= 15 is 0 Å². The van der Waals surface area contributed by atoms with E-state index < -0.39 is 0 Å². The second-order valence-electron chi connectivity index (χ2n) is 8.26. The Balaban J connectivity index is 1.46. The highest BCUT2D eigenvalue weighted by atomic mass is 16.5. The number of amides is 1. The molecule has 1 N–H and O–H groups in total. The molecule has 28 heavy (non-hydrogen) atoms. The molecule has 2 aromatic heterocycles. The molecule has 2 saturated heterocycles. The summed E-state index contributed by atoms with van der Waals surface area (Å²) in [4.78, 5) is 37.7. The summed E-state index contributed by atoms with van der Waals surface area (Å²) in [6.45, 7) is 6.73. The van der Waals surface area contributed by atoms with Crippen LogP contribution in [0.25, 0.3) is 0 Å². The van der Waals surface area contributed by atoms with Crippen LogP contribution in [-0.2, 0) is 6.42 Å². The molecule has 0 unspecified atom stereocenters. The second-order valence-corrected chi connectivity index (χ2v) is 8.26. The van der Waals surface area contributed by atoms with Crippen LogP contribution < -0.4 is 10.5 Å². The molecule has 148 valence electrons. The van der Waals surface area contributed by atoms with Crippen molar-refractivity contribution in [1.29, 1.82) is 0 Å². The molecule has 0 radical (unpaired) electrons. The minimum atomic E-state index is -0.0307. The van der Waals surface area contributed by atoms with Crippen molar-refractivity contribution < 1.29 is 9.32 Å². The number of hydrogen-bond donors (Lipinski definition) is 1. The first-order valence-electron chi connectivity index (χ1n) is 10.1. The summed E-state index contributed by atoms with van der Waals surface area (Å²) in [6, 6.07) is 0. The maximum absolute atomic E-state index is 13.1. The number of H-pyrrole nitrogens is 1. The minimum Gasteiger partial charge on any atom is -0.361 e. The van der Waals surface area contributed by atoms with Crippen molar-refractivity contribution in [3.05, 3.63) is 38.6 Å². The average molecular weight is 383 g/mol. The smallest absolute Gasteiger partial charge is 0.259 e. The summed E-state index contributed by atoms with van der Waals surface area (Å²) < 4.78 is 5.18. The zero-order valence-corrected chi connectivity index (χ0v) is 16.3. The summed E-state index contributed by atoms with van der Waals surface area (Å²) in [7, 11) is 0. The first-order valence-corrected chi connectivity index (χ1v) is 10.1. The van der Waals surface area contributed by atoms with Crippen molar-refractivity contribution in [2.24, 2.45) is 5.92 Å². The molecule has 2 aromatic rings. The molecule has 1 amide bonds. The van der Waals surface area contributed by atoms with Gasteiger partial charge in [-0.25, -0.2) is 4.98 Å². The summed E-state index contributed by atoms with van der Waals surface area (Å²) >= 11 is 0. The van der Waals surface area contributed by atoms with Crippen LogP contribution >= 0.6 is 0 Å². The second kappa shape index (κ2) is 6.46. The van der Waals surface area contributed by atoms with E-state index in [9.17, 15) is 9.59 Å². The first-order chi connectivity index (χ1) is 13.5. The topological polar surface area (TPSA) is 95.3 Å². The summed E-state index contributed by atoms with van der Waals surface area (Å²) in [5.74, 6) is 1.69. The van der Waals surface area contributed by atoms with Gasteiger partial charge in [0.1, 0.15) is 11.3 Å². The van der Waals surface area contributed by atoms with E-state index in [4.69, 9.17) is 9.51 Å². The van der Waals surface area contributed by atoms with Gasteiger partial charge in [-0.3, -0.25) is 14.6 Å². The summed E-state index contributed by atoms with van der Waals surface area (Å²) in [5, 5.41) is 3.92.